The van der Waals surface area contributed by atoms with Crippen LogP contribution in [0.3, 0.4) is 0 Å². The van der Waals surface area contributed by atoms with Crippen LogP contribution in [0.2, 0.25) is 0 Å². The molecule has 0 saturated carbocycles. The number of hydrogen-bond acceptors (Lipinski definition) is 4. The summed E-state index contributed by atoms with van der Waals surface area (Å²) in [5.74, 6) is 1.98. The van der Waals surface area contributed by atoms with Gasteiger partial charge in [-0.05, 0) is 42.3 Å². The first-order valence-electron chi connectivity index (χ1n) is 7.85. The van der Waals surface area contributed by atoms with Crippen LogP contribution in [-0.4, -0.2) is 22.3 Å². The standard InChI is InChI=1S/C19H17N3O2/c1-23-15-9-6-13(7-10-15)19-22-21-18(24-19)11-8-14-12-20-17-5-3-2-4-16(14)17/h2-7,9-10,12,20H,8,11H2,1H3. The molecule has 2 heterocycles. The van der Waals surface area contributed by atoms with Crippen molar-refractivity contribution in [2.45, 2.75) is 12.8 Å². The molecule has 5 heteroatoms. The van der Waals surface area contributed by atoms with Gasteiger partial charge in [-0.3, -0.25) is 0 Å². The maximum Gasteiger partial charge on any atom is 0.247 e. The third-order valence-corrected chi connectivity index (χ3v) is 4.09. The summed E-state index contributed by atoms with van der Waals surface area (Å²) in [7, 11) is 1.64. The monoisotopic (exact) mass is 319 g/mol. The Morgan fingerprint density at radius 2 is 1.83 bits per heavy atom. The zero-order chi connectivity index (χ0) is 16.4. The summed E-state index contributed by atoms with van der Waals surface area (Å²) in [5.41, 5.74) is 3.30. The van der Waals surface area contributed by atoms with E-state index in [0.29, 0.717) is 18.2 Å². The first kappa shape index (κ1) is 14.5. The first-order valence-corrected chi connectivity index (χ1v) is 7.85. The largest absolute Gasteiger partial charge is 0.497 e. The van der Waals surface area contributed by atoms with E-state index in [-0.39, 0.29) is 0 Å². The highest BCUT2D eigenvalue weighted by molar-refractivity contribution is 5.83. The van der Waals surface area contributed by atoms with Crippen LogP contribution >= 0.6 is 0 Å². The van der Waals surface area contributed by atoms with E-state index in [1.54, 1.807) is 7.11 Å². The van der Waals surface area contributed by atoms with Gasteiger partial charge in [-0.15, -0.1) is 10.2 Å². The molecule has 0 aliphatic carbocycles. The fraction of sp³-hybridized carbons (Fsp3) is 0.158. The van der Waals surface area contributed by atoms with Gasteiger partial charge in [-0.25, -0.2) is 0 Å². The second-order valence-electron chi connectivity index (χ2n) is 5.59. The molecule has 4 aromatic rings. The maximum absolute atomic E-state index is 5.78. The van der Waals surface area contributed by atoms with Gasteiger partial charge in [-0.2, -0.15) is 0 Å². The van der Waals surface area contributed by atoms with Gasteiger partial charge in [0, 0.05) is 29.1 Å². The number of para-hydroxylation sites is 1. The van der Waals surface area contributed by atoms with E-state index >= 15 is 0 Å². The summed E-state index contributed by atoms with van der Waals surface area (Å²) in [6.07, 6.45) is 3.62. The lowest BCUT2D eigenvalue weighted by atomic mass is 10.1. The highest BCUT2D eigenvalue weighted by Gasteiger charge is 2.10. The molecule has 2 aromatic carbocycles. The van der Waals surface area contributed by atoms with Crippen molar-refractivity contribution < 1.29 is 9.15 Å². The highest BCUT2D eigenvalue weighted by atomic mass is 16.5. The summed E-state index contributed by atoms with van der Waals surface area (Å²) in [5, 5.41) is 9.54. The molecule has 120 valence electrons. The Balaban J connectivity index is 1.48. The van der Waals surface area contributed by atoms with Crippen LogP contribution in [0, 0.1) is 0 Å². The van der Waals surface area contributed by atoms with Crippen molar-refractivity contribution in [2.24, 2.45) is 0 Å². The van der Waals surface area contributed by atoms with E-state index < -0.39 is 0 Å². The molecule has 0 atom stereocenters. The van der Waals surface area contributed by atoms with E-state index in [0.717, 1.165) is 23.3 Å². The molecule has 2 aromatic heterocycles. The second-order valence-corrected chi connectivity index (χ2v) is 5.59. The number of rotatable bonds is 5. The summed E-state index contributed by atoms with van der Waals surface area (Å²) in [6.45, 7) is 0. The molecule has 5 nitrogen and oxygen atoms in total. The smallest absolute Gasteiger partial charge is 0.247 e. The van der Waals surface area contributed by atoms with Crippen LogP contribution in [0.4, 0.5) is 0 Å². The van der Waals surface area contributed by atoms with Crippen molar-refractivity contribution in [3.63, 3.8) is 0 Å². The molecule has 0 amide bonds. The fourth-order valence-corrected chi connectivity index (χ4v) is 2.78. The minimum Gasteiger partial charge on any atom is -0.497 e. The van der Waals surface area contributed by atoms with Crippen LogP contribution < -0.4 is 4.74 Å². The van der Waals surface area contributed by atoms with Crippen LogP contribution in [0.5, 0.6) is 5.75 Å². The zero-order valence-corrected chi connectivity index (χ0v) is 13.3. The van der Waals surface area contributed by atoms with Crippen LogP contribution in [0.1, 0.15) is 11.5 Å². The number of fused-ring (bicyclic) bond motifs is 1. The van der Waals surface area contributed by atoms with Crippen molar-refractivity contribution in [3.05, 3.63) is 66.2 Å². The van der Waals surface area contributed by atoms with Crippen molar-refractivity contribution in [1.29, 1.82) is 0 Å². The van der Waals surface area contributed by atoms with Gasteiger partial charge in [0.25, 0.3) is 0 Å². The number of benzene rings is 2. The summed E-state index contributed by atoms with van der Waals surface area (Å²) in [4.78, 5) is 3.29. The number of methoxy groups -OCH3 is 1. The molecule has 0 bridgehead atoms. The number of aryl methyl sites for hydroxylation is 2. The minimum atomic E-state index is 0.534. The van der Waals surface area contributed by atoms with Gasteiger partial charge in [0.1, 0.15) is 5.75 Å². The Kier molecular flexibility index (Phi) is 3.75. The second kappa shape index (κ2) is 6.20. The van der Waals surface area contributed by atoms with E-state index in [9.17, 15) is 0 Å². The molecule has 4 rings (SSSR count). The van der Waals surface area contributed by atoms with E-state index in [1.165, 1.54) is 10.9 Å². The first-order chi connectivity index (χ1) is 11.8. The molecule has 0 aliphatic rings. The lowest BCUT2D eigenvalue weighted by molar-refractivity contribution is 0.415. The summed E-state index contributed by atoms with van der Waals surface area (Å²) < 4.78 is 10.9. The average Bonchev–Trinajstić information content (AvgIpc) is 3.27. The predicted octanol–water partition coefficient (Wildman–Crippen LogP) is 4.01. The maximum atomic E-state index is 5.78. The number of nitrogens with one attached hydrogen (secondary N) is 1. The Bertz CT molecular complexity index is 954. The molecule has 0 fully saturated rings. The Morgan fingerprint density at radius 1 is 1.00 bits per heavy atom. The van der Waals surface area contributed by atoms with Gasteiger partial charge in [0.2, 0.25) is 11.8 Å². The van der Waals surface area contributed by atoms with E-state index in [2.05, 4.69) is 27.3 Å². The van der Waals surface area contributed by atoms with Gasteiger partial charge < -0.3 is 14.1 Å². The van der Waals surface area contributed by atoms with Crippen molar-refractivity contribution in [3.8, 4) is 17.2 Å². The topological polar surface area (TPSA) is 63.9 Å². The third kappa shape index (κ3) is 2.76. The normalized spacial score (nSPS) is 11.0. The van der Waals surface area contributed by atoms with E-state index in [4.69, 9.17) is 9.15 Å². The Labute approximate surface area is 139 Å². The average molecular weight is 319 g/mol. The highest BCUT2D eigenvalue weighted by Crippen LogP contribution is 2.23. The van der Waals surface area contributed by atoms with Crippen molar-refractivity contribution >= 4 is 10.9 Å². The molecular formula is C19H17N3O2. The minimum absolute atomic E-state index is 0.534. The summed E-state index contributed by atoms with van der Waals surface area (Å²) in [6, 6.07) is 15.9. The zero-order valence-electron chi connectivity index (χ0n) is 13.3. The lowest BCUT2D eigenvalue weighted by Crippen LogP contribution is -1.90. The van der Waals surface area contributed by atoms with Gasteiger partial charge in [0.05, 0.1) is 7.11 Å². The Hall–Kier alpha value is -3.08. The van der Waals surface area contributed by atoms with Gasteiger partial charge in [-0.1, -0.05) is 18.2 Å². The number of nitrogens with zero attached hydrogens (tertiary/aromatic N) is 2. The van der Waals surface area contributed by atoms with E-state index in [1.807, 2.05) is 42.6 Å². The molecule has 0 unspecified atom stereocenters. The molecule has 0 spiro atoms. The number of hydrogen-bond donors (Lipinski definition) is 1. The van der Waals surface area contributed by atoms with Crippen LogP contribution in [0.15, 0.2) is 59.1 Å². The Morgan fingerprint density at radius 3 is 2.67 bits per heavy atom. The SMILES string of the molecule is COc1ccc(-c2nnc(CCc3c[nH]c4ccccc34)o2)cc1. The molecule has 0 aliphatic heterocycles. The number of ether oxygens (including phenoxy) is 1. The molecule has 0 saturated heterocycles. The molecular weight excluding hydrogens is 302 g/mol. The molecule has 24 heavy (non-hydrogen) atoms. The third-order valence-electron chi connectivity index (χ3n) is 4.09. The van der Waals surface area contributed by atoms with Crippen molar-refractivity contribution in [2.75, 3.05) is 7.11 Å². The lowest BCUT2D eigenvalue weighted by Gasteiger charge is -1.99. The number of H-pyrrole nitrogens is 1. The van der Waals surface area contributed by atoms with Gasteiger partial charge in [0.15, 0.2) is 0 Å². The fourth-order valence-electron chi connectivity index (χ4n) is 2.78. The molecule has 1 N–H and O–H groups in total. The number of aromatic amines is 1. The number of aromatic nitrogens is 3. The molecule has 0 radical (unpaired) electrons. The van der Waals surface area contributed by atoms with Crippen molar-refractivity contribution in [1.82, 2.24) is 15.2 Å². The predicted molar refractivity (Wildman–Crippen MR) is 92.0 cm³/mol. The van der Waals surface area contributed by atoms with Gasteiger partial charge >= 0.3 is 0 Å². The quantitative estimate of drug-likeness (QED) is 0.603. The van der Waals surface area contributed by atoms with Crippen LogP contribution in [0.25, 0.3) is 22.4 Å². The summed E-state index contributed by atoms with van der Waals surface area (Å²) >= 11 is 0. The van der Waals surface area contributed by atoms with Crippen LogP contribution in [-0.2, 0) is 12.8 Å².